The Hall–Kier alpha value is -4.51. The Bertz CT molecular complexity index is 1880. The third-order valence-corrected chi connectivity index (χ3v) is 10.0. The number of methoxy groups -OCH3 is 1. The van der Waals surface area contributed by atoms with Crippen LogP contribution in [0.3, 0.4) is 0 Å². The van der Waals surface area contributed by atoms with Crippen LogP contribution in [0, 0.1) is 13.8 Å². The molecule has 2 aliphatic heterocycles. The average Bonchev–Trinajstić information content (AvgIpc) is 3.53. The van der Waals surface area contributed by atoms with Crippen molar-refractivity contribution in [3.05, 3.63) is 111 Å². The molecule has 10 heteroatoms. The van der Waals surface area contributed by atoms with E-state index >= 15 is 0 Å². The fourth-order valence-electron chi connectivity index (χ4n) is 7.12. The molecule has 2 N–H and O–H groups in total. The highest BCUT2D eigenvalue weighted by Gasteiger charge is 2.34. The van der Waals surface area contributed by atoms with Gasteiger partial charge in [-0.15, -0.1) is 0 Å². The molecule has 2 aliphatic rings. The van der Waals surface area contributed by atoms with Crippen molar-refractivity contribution < 1.29 is 27.8 Å². The standard InChI is InChI=1S/C41H45F3N4O3/c1-27-30(14-15-31-22-39(51-3)32(21-36(31)41(42,43)44)25-47-18-5-4-6-19-47)9-7-10-34(27)35-11-8-12-37(28(35)2)46-40(50)38-16-13-29(23-45-38)24-48-20-17-33(49)26-48/h7-16,21-23,33,49H,4-6,17-20,24-26H2,1-3H3,(H,46,50)/b15-14+/t33-/m1/s1. The maximum absolute atomic E-state index is 14.4. The molecule has 7 nitrogen and oxygen atoms in total. The monoisotopic (exact) mass is 698 g/mol. The van der Waals surface area contributed by atoms with Gasteiger partial charge in [0.1, 0.15) is 11.4 Å². The van der Waals surface area contributed by atoms with Gasteiger partial charge in [0.15, 0.2) is 0 Å². The number of anilines is 1. The van der Waals surface area contributed by atoms with Crippen molar-refractivity contribution in [2.75, 3.05) is 38.6 Å². The van der Waals surface area contributed by atoms with Crippen molar-refractivity contribution in [2.45, 2.75) is 64.9 Å². The van der Waals surface area contributed by atoms with Crippen molar-refractivity contribution in [1.29, 1.82) is 0 Å². The van der Waals surface area contributed by atoms with Crippen LogP contribution in [0.25, 0.3) is 23.3 Å². The van der Waals surface area contributed by atoms with Gasteiger partial charge in [0.25, 0.3) is 5.91 Å². The number of halogens is 3. The summed E-state index contributed by atoms with van der Waals surface area (Å²) in [6.45, 7) is 8.18. The van der Waals surface area contributed by atoms with Crippen molar-refractivity contribution in [1.82, 2.24) is 14.8 Å². The molecule has 1 atom stereocenters. The first-order valence-electron chi connectivity index (χ1n) is 17.5. The summed E-state index contributed by atoms with van der Waals surface area (Å²) in [4.78, 5) is 21.9. The topological polar surface area (TPSA) is 77.9 Å². The van der Waals surface area contributed by atoms with Crippen LogP contribution >= 0.6 is 0 Å². The van der Waals surface area contributed by atoms with E-state index in [1.165, 1.54) is 25.3 Å². The molecule has 3 heterocycles. The number of hydrogen-bond donors (Lipinski definition) is 2. The van der Waals surface area contributed by atoms with Crippen LogP contribution in [0.1, 0.15) is 75.1 Å². The van der Waals surface area contributed by atoms with Gasteiger partial charge in [-0.2, -0.15) is 13.2 Å². The summed E-state index contributed by atoms with van der Waals surface area (Å²) in [6.07, 6.45) is 4.11. The van der Waals surface area contributed by atoms with Crippen molar-refractivity contribution in [3.8, 4) is 16.9 Å². The molecule has 2 saturated heterocycles. The molecular weight excluding hydrogens is 653 g/mol. The van der Waals surface area contributed by atoms with Crippen LogP contribution in [0.4, 0.5) is 18.9 Å². The molecule has 0 saturated carbocycles. The maximum atomic E-state index is 14.4. The average molecular weight is 699 g/mol. The van der Waals surface area contributed by atoms with Crippen LogP contribution in [0.5, 0.6) is 5.75 Å². The summed E-state index contributed by atoms with van der Waals surface area (Å²) in [5.74, 6) is 0.117. The summed E-state index contributed by atoms with van der Waals surface area (Å²) in [5, 5.41) is 12.8. The lowest BCUT2D eigenvalue weighted by Gasteiger charge is -2.27. The van der Waals surface area contributed by atoms with E-state index in [1.807, 2.05) is 56.3 Å². The number of rotatable bonds is 10. The van der Waals surface area contributed by atoms with Crippen molar-refractivity contribution in [3.63, 3.8) is 0 Å². The Morgan fingerprint density at radius 1 is 0.922 bits per heavy atom. The highest BCUT2D eigenvalue weighted by atomic mass is 19.4. The lowest BCUT2D eigenvalue weighted by atomic mass is 9.92. The van der Waals surface area contributed by atoms with Gasteiger partial charge in [-0.25, -0.2) is 0 Å². The van der Waals surface area contributed by atoms with Crippen LogP contribution < -0.4 is 10.1 Å². The van der Waals surface area contributed by atoms with Gasteiger partial charge in [-0.3, -0.25) is 19.6 Å². The Morgan fingerprint density at radius 3 is 2.31 bits per heavy atom. The second kappa shape index (κ2) is 15.8. The van der Waals surface area contributed by atoms with E-state index in [-0.39, 0.29) is 17.6 Å². The molecule has 1 amide bonds. The zero-order valence-electron chi connectivity index (χ0n) is 29.4. The molecule has 0 aliphatic carbocycles. The number of ether oxygens (including phenoxy) is 1. The number of aliphatic hydroxyl groups excluding tert-OH is 1. The van der Waals surface area contributed by atoms with Crippen molar-refractivity contribution in [2.24, 2.45) is 0 Å². The summed E-state index contributed by atoms with van der Waals surface area (Å²) in [5.41, 5.74) is 6.14. The summed E-state index contributed by atoms with van der Waals surface area (Å²) in [6, 6.07) is 17.7. The number of aliphatic hydroxyl groups is 1. The summed E-state index contributed by atoms with van der Waals surface area (Å²) < 4.78 is 48.7. The molecular formula is C41H45F3N4O3. The number of hydrogen-bond acceptors (Lipinski definition) is 6. The predicted octanol–water partition coefficient (Wildman–Crippen LogP) is 8.37. The number of benzene rings is 3. The number of carbonyl (C=O) groups excluding carboxylic acids is 1. The number of likely N-dealkylation sites (tertiary alicyclic amines) is 2. The number of nitrogens with zero attached hydrogens (tertiary/aromatic N) is 3. The molecule has 0 unspecified atom stereocenters. The fourth-order valence-corrected chi connectivity index (χ4v) is 7.12. The first-order valence-corrected chi connectivity index (χ1v) is 17.5. The normalized spacial score (nSPS) is 17.3. The first-order chi connectivity index (χ1) is 24.5. The van der Waals surface area contributed by atoms with Crippen LogP contribution in [-0.2, 0) is 19.3 Å². The summed E-state index contributed by atoms with van der Waals surface area (Å²) in [7, 11) is 1.50. The minimum atomic E-state index is -4.53. The van der Waals surface area contributed by atoms with E-state index in [1.54, 1.807) is 18.3 Å². The molecule has 51 heavy (non-hydrogen) atoms. The van der Waals surface area contributed by atoms with Crippen LogP contribution in [-0.4, -0.2) is 65.2 Å². The number of pyridine rings is 1. The number of alkyl halides is 3. The molecule has 0 radical (unpaired) electrons. The third-order valence-electron chi connectivity index (χ3n) is 10.0. The molecule has 0 spiro atoms. The molecule has 3 aromatic carbocycles. The number of carbonyl (C=O) groups is 1. The molecule has 2 fully saturated rings. The van der Waals surface area contributed by atoms with Crippen molar-refractivity contribution >= 4 is 23.7 Å². The summed E-state index contributed by atoms with van der Waals surface area (Å²) >= 11 is 0. The second-order valence-corrected chi connectivity index (χ2v) is 13.6. The highest BCUT2D eigenvalue weighted by Crippen LogP contribution is 2.38. The number of piperidine rings is 1. The smallest absolute Gasteiger partial charge is 0.417 e. The van der Waals surface area contributed by atoms with Gasteiger partial charge in [-0.05, 0) is 109 Å². The van der Waals surface area contributed by atoms with Gasteiger partial charge in [0.05, 0.1) is 18.8 Å². The number of nitrogens with one attached hydrogen (secondary N) is 1. The lowest BCUT2D eigenvalue weighted by Crippen LogP contribution is -2.29. The molecule has 4 aromatic rings. The molecule has 268 valence electrons. The molecule has 1 aromatic heterocycles. The SMILES string of the molecule is COc1cc(/C=C/c2cccc(-c3cccc(NC(=O)c4ccc(CN5CC[C@@H](O)C5)cn4)c3C)c2C)c(C(F)(F)F)cc1CN1CCCCC1. The van der Waals surface area contributed by atoms with Gasteiger partial charge in [0.2, 0.25) is 0 Å². The van der Waals surface area contributed by atoms with Gasteiger partial charge in [-0.1, -0.05) is 55.0 Å². The first kappa shape index (κ1) is 36.3. The van der Waals surface area contributed by atoms with Crippen LogP contribution in [0.2, 0.25) is 0 Å². The zero-order chi connectivity index (χ0) is 36.1. The minimum Gasteiger partial charge on any atom is -0.496 e. The van der Waals surface area contributed by atoms with E-state index in [0.717, 1.165) is 78.7 Å². The lowest BCUT2D eigenvalue weighted by molar-refractivity contribution is -0.137. The highest BCUT2D eigenvalue weighted by molar-refractivity contribution is 6.03. The van der Waals surface area contributed by atoms with E-state index < -0.39 is 11.7 Å². The van der Waals surface area contributed by atoms with Gasteiger partial charge >= 0.3 is 6.18 Å². The Kier molecular flexibility index (Phi) is 11.2. The minimum absolute atomic E-state index is 0.0453. The van der Waals surface area contributed by atoms with E-state index in [2.05, 4.69) is 20.1 Å². The number of amides is 1. The number of aromatic nitrogens is 1. The molecule has 0 bridgehead atoms. The van der Waals surface area contributed by atoms with E-state index in [0.29, 0.717) is 42.3 Å². The maximum Gasteiger partial charge on any atom is 0.417 e. The van der Waals surface area contributed by atoms with Gasteiger partial charge < -0.3 is 15.2 Å². The Balaban J connectivity index is 1.21. The van der Waals surface area contributed by atoms with E-state index in [9.17, 15) is 23.1 Å². The Labute approximate surface area is 297 Å². The quantitative estimate of drug-likeness (QED) is 0.162. The van der Waals surface area contributed by atoms with Crippen LogP contribution in [0.15, 0.2) is 66.9 Å². The largest absolute Gasteiger partial charge is 0.496 e. The Morgan fingerprint density at radius 2 is 1.65 bits per heavy atom. The van der Waals surface area contributed by atoms with Gasteiger partial charge in [0, 0.05) is 43.6 Å². The zero-order valence-corrected chi connectivity index (χ0v) is 29.4. The number of β-amino-alcohol motifs (C(OH)–C–C–N with tert-alkyl or cyclic N) is 1. The predicted molar refractivity (Wildman–Crippen MR) is 195 cm³/mol. The third kappa shape index (κ3) is 8.69. The molecule has 6 rings (SSSR count). The fraction of sp³-hybridized carbons (Fsp3) is 0.366. The van der Waals surface area contributed by atoms with E-state index in [4.69, 9.17) is 4.74 Å². The second-order valence-electron chi connectivity index (χ2n) is 13.6.